The highest BCUT2D eigenvalue weighted by Crippen LogP contribution is 2.08. The molecule has 0 atom stereocenters. The van der Waals surface area contributed by atoms with Gasteiger partial charge in [-0.1, -0.05) is 6.92 Å². The van der Waals surface area contributed by atoms with Crippen molar-refractivity contribution in [3.05, 3.63) is 12.2 Å². The van der Waals surface area contributed by atoms with Crippen LogP contribution in [0.1, 0.15) is 39.1 Å². The number of hydrogen-bond donors (Lipinski definition) is 1. The van der Waals surface area contributed by atoms with Gasteiger partial charge in [-0.2, -0.15) is 5.10 Å². The van der Waals surface area contributed by atoms with Crippen molar-refractivity contribution in [2.24, 2.45) is 0 Å². The van der Waals surface area contributed by atoms with Gasteiger partial charge in [0.25, 0.3) is 0 Å². The molecule has 0 aliphatic heterocycles. The molecular weight excluding hydrogens is 214 g/mol. The lowest BCUT2D eigenvalue weighted by atomic mass is 10.3. The molecule has 0 aromatic carbocycles. The Balaban J connectivity index is 2.61. The fourth-order valence-corrected chi connectivity index (χ4v) is 1.87. The first-order valence-electron chi connectivity index (χ1n) is 6.44. The van der Waals surface area contributed by atoms with Gasteiger partial charge in [-0.25, -0.2) is 9.67 Å². The Morgan fingerprint density at radius 1 is 1.41 bits per heavy atom. The van der Waals surface area contributed by atoms with Gasteiger partial charge in [0.1, 0.15) is 12.2 Å². The normalized spacial score (nSPS) is 11.6. The van der Waals surface area contributed by atoms with Crippen LogP contribution in [0.15, 0.2) is 6.33 Å². The molecule has 0 bridgehead atoms. The lowest BCUT2D eigenvalue weighted by Crippen LogP contribution is -2.32. The number of rotatable bonds is 8. The van der Waals surface area contributed by atoms with Crippen LogP contribution in [0.3, 0.4) is 0 Å². The van der Waals surface area contributed by atoms with Crippen molar-refractivity contribution < 1.29 is 0 Å². The number of nitrogens with zero attached hydrogens (tertiary/aromatic N) is 4. The highest BCUT2D eigenvalue weighted by atomic mass is 15.4. The van der Waals surface area contributed by atoms with E-state index < -0.39 is 0 Å². The standard InChI is InChI=1S/C12H25N5/c1-5-7-16(8-6-13-4)9-12-14-10-15-17(12)11(2)3/h10-11,13H,5-9H2,1-4H3. The van der Waals surface area contributed by atoms with E-state index in [4.69, 9.17) is 0 Å². The molecule has 98 valence electrons. The Morgan fingerprint density at radius 3 is 2.76 bits per heavy atom. The molecule has 0 amide bonds. The molecule has 0 aliphatic carbocycles. The van der Waals surface area contributed by atoms with E-state index in [1.807, 2.05) is 11.7 Å². The second-order valence-electron chi connectivity index (χ2n) is 4.59. The van der Waals surface area contributed by atoms with Gasteiger partial charge in [-0.3, -0.25) is 4.90 Å². The van der Waals surface area contributed by atoms with Crippen molar-refractivity contribution in [2.45, 2.75) is 39.8 Å². The smallest absolute Gasteiger partial charge is 0.141 e. The monoisotopic (exact) mass is 239 g/mol. The molecular formula is C12H25N5. The molecule has 1 aromatic rings. The minimum absolute atomic E-state index is 0.375. The predicted octanol–water partition coefficient (Wildman–Crippen LogP) is 1.29. The molecule has 1 N–H and O–H groups in total. The fourth-order valence-electron chi connectivity index (χ4n) is 1.87. The van der Waals surface area contributed by atoms with E-state index in [0.29, 0.717) is 6.04 Å². The maximum atomic E-state index is 4.36. The molecule has 17 heavy (non-hydrogen) atoms. The first-order valence-corrected chi connectivity index (χ1v) is 6.44. The molecule has 0 spiro atoms. The summed E-state index contributed by atoms with van der Waals surface area (Å²) in [6.07, 6.45) is 2.82. The van der Waals surface area contributed by atoms with Gasteiger partial charge in [-0.15, -0.1) is 0 Å². The summed E-state index contributed by atoms with van der Waals surface area (Å²) in [4.78, 5) is 6.77. The van der Waals surface area contributed by atoms with Crippen molar-refractivity contribution in [3.8, 4) is 0 Å². The zero-order valence-corrected chi connectivity index (χ0v) is 11.5. The zero-order chi connectivity index (χ0) is 12.7. The van der Waals surface area contributed by atoms with Crippen LogP contribution in [0.25, 0.3) is 0 Å². The SMILES string of the molecule is CCCN(CCNC)Cc1ncnn1C(C)C. The second-order valence-corrected chi connectivity index (χ2v) is 4.59. The van der Waals surface area contributed by atoms with E-state index >= 15 is 0 Å². The first kappa shape index (κ1) is 14.1. The summed E-state index contributed by atoms with van der Waals surface area (Å²) in [5, 5.41) is 7.46. The molecule has 5 nitrogen and oxygen atoms in total. The lowest BCUT2D eigenvalue weighted by Gasteiger charge is -2.21. The van der Waals surface area contributed by atoms with Gasteiger partial charge in [0.15, 0.2) is 0 Å². The van der Waals surface area contributed by atoms with Gasteiger partial charge in [0.05, 0.1) is 6.54 Å². The molecule has 0 unspecified atom stereocenters. The number of hydrogen-bond acceptors (Lipinski definition) is 4. The van der Waals surface area contributed by atoms with Crippen molar-refractivity contribution in [1.82, 2.24) is 25.0 Å². The highest BCUT2D eigenvalue weighted by Gasteiger charge is 2.11. The van der Waals surface area contributed by atoms with Gasteiger partial charge >= 0.3 is 0 Å². The van der Waals surface area contributed by atoms with Gasteiger partial charge in [0, 0.05) is 19.1 Å². The van der Waals surface area contributed by atoms with Gasteiger partial charge in [-0.05, 0) is 33.9 Å². The number of nitrogens with one attached hydrogen (secondary N) is 1. The molecule has 1 aromatic heterocycles. The summed E-state index contributed by atoms with van der Waals surface area (Å²) < 4.78 is 2.00. The second kappa shape index (κ2) is 7.40. The largest absolute Gasteiger partial charge is 0.318 e. The van der Waals surface area contributed by atoms with Crippen molar-refractivity contribution >= 4 is 0 Å². The van der Waals surface area contributed by atoms with Crippen LogP contribution in [-0.2, 0) is 6.54 Å². The van der Waals surface area contributed by atoms with Crippen LogP contribution >= 0.6 is 0 Å². The summed E-state index contributed by atoms with van der Waals surface area (Å²) >= 11 is 0. The van der Waals surface area contributed by atoms with Crippen molar-refractivity contribution in [1.29, 1.82) is 0 Å². The van der Waals surface area contributed by atoms with Crippen LogP contribution in [-0.4, -0.2) is 46.3 Å². The molecule has 0 saturated carbocycles. The topological polar surface area (TPSA) is 46.0 Å². The highest BCUT2D eigenvalue weighted by molar-refractivity contribution is 4.86. The lowest BCUT2D eigenvalue weighted by molar-refractivity contribution is 0.253. The van der Waals surface area contributed by atoms with E-state index in [1.54, 1.807) is 6.33 Å². The third-order valence-electron chi connectivity index (χ3n) is 2.72. The van der Waals surface area contributed by atoms with Crippen molar-refractivity contribution in [3.63, 3.8) is 0 Å². The summed E-state index contributed by atoms with van der Waals surface area (Å²) in [5.41, 5.74) is 0. The summed E-state index contributed by atoms with van der Waals surface area (Å²) in [5.74, 6) is 1.06. The summed E-state index contributed by atoms with van der Waals surface area (Å²) in [6, 6.07) is 0.375. The fraction of sp³-hybridized carbons (Fsp3) is 0.833. The van der Waals surface area contributed by atoms with E-state index in [2.05, 4.69) is 41.1 Å². The molecule has 1 rings (SSSR count). The van der Waals surface area contributed by atoms with E-state index in [-0.39, 0.29) is 0 Å². The third-order valence-corrected chi connectivity index (χ3v) is 2.72. The zero-order valence-electron chi connectivity index (χ0n) is 11.5. The Kier molecular flexibility index (Phi) is 6.15. The van der Waals surface area contributed by atoms with Crippen LogP contribution < -0.4 is 5.32 Å². The van der Waals surface area contributed by atoms with Crippen molar-refractivity contribution in [2.75, 3.05) is 26.7 Å². The van der Waals surface area contributed by atoms with Gasteiger partial charge in [0.2, 0.25) is 0 Å². The molecule has 1 heterocycles. The molecule has 5 heteroatoms. The summed E-state index contributed by atoms with van der Waals surface area (Å²) in [6.45, 7) is 10.5. The van der Waals surface area contributed by atoms with Gasteiger partial charge < -0.3 is 5.32 Å². The van der Waals surface area contributed by atoms with E-state index in [9.17, 15) is 0 Å². The Labute approximate surface area is 104 Å². The molecule has 0 fully saturated rings. The van der Waals surface area contributed by atoms with Crippen LogP contribution in [0, 0.1) is 0 Å². The quantitative estimate of drug-likeness (QED) is 0.742. The maximum absolute atomic E-state index is 4.36. The molecule has 0 saturated heterocycles. The molecule has 0 aliphatic rings. The number of likely N-dealkylation sites (N-methyl/N-ethyl adjacent to an activating group) is 1. The molecule has 0 radical (unpaired) electrons. The third kappa shape index (κ3) is 4.44. The van der Waals surface area contributed by atoms with Crippen LogP contribution in [0.5, 0.6) is 0 Å². The predicted molar refractivity (Wildman–Crippen MR) is 69.9 cm³/mol. The average Bonchev–Trinajstić information content (AvgIpc) is 2.74. The minimum Gasteiger partial charge on any atom is -0.318 e. The Hall–Kier alpha value is -0.940. The van der Waals surface area contributed by atoms with E-state index in [1.165, 1.54) is 6.42 Å². The Bertz CT molecular complexity index is 308. The van der Waals surface area contributed by atoms with E-state index in [0.717, 1.165) is 32.0 Å². The first-order chi connectivity index (χ1) is 8.19. The van der Waals surface area contributed by atoms with Crippen LogP contribution in [0.4, 0.5) is 0 Å². The summed E-state index contributed by atoms with van der Waals surface area (Å²) in [7, 11) is 1.99. The number of aromatic nitrogens is 3. The minimum atomic E-state index is 0.375. The average molecular weight is 239 g/mol. The van der Waals surface area contributed by atoms with Crippen LogP contribution in [0.2, 0.25) is 0 Å². The Morgan fingerprint density at radius 2 is 2.18 bits per heavy atom. The maximum Gasteiger partial charge on any atom is 0.141 e.